The lowest BCUT2D eigenvalue weighted by atomic mass is 10.2. The normalized spacial score (nSPS) is 12.8. The van der Waals surface area contributed by atoms with Crippen molar-refractivity contribution in [1.29, 1.82) is 0 Å². The zero-order chi connectivity index (χ0) is 14.4. The second kappa shape index (κ2) is 6.78. The first-order chi connectivity index (χ1) is 8.95. The topological polar surface area (TPSA) is 68.5 Å². The maximum atomic E-state index is 12.0. The molecule has 0 amide bonds. The van der Waals surface area contributed by atoms with Gasteiger partial charge in [-0.3, -0.25) is 0 Å². The van der Waals surface area contributed by atoms with Crippen LogP contribution in [0.15, 0.2) is 24.4 Å². The van der Waals surface area contributed by atoms with Crippen molar-refractivity contribution in [2.75, 3.05) is 0 Å². The number of carbonyl (C=O) groups excluding carboxylic acids is 1. The maximum Gasteiger partial charge on any atom is 0.329 e. The third kappa shape index (κ3) is 4.28. The highest BCUT2D eigenvalue weighted by Gasteiger charge is 2.21. The van der Waals surface area contributed by atoms with Crippen LogP contribution in [-0.2, 0) is 14.3 Å². The second-order valence-electron chi connectivity index (χ2n) is 4.42. The van der Waals surface area contributed by atoms with Crippen LogP contribution in [0.25, 0.3) is 6.08 Å². The molecule has 0 aliphatic carbocycles. The van der Waals surface area contributed by atoms with E-state index in [-0.39, 0.29) is 12.1 Å². The molecule has 0 aromatic carbocycles. The van der Waals surface area contributed by atoms with Crippen molar-refractivity contribution in [1.82, 2.24) is 4.57 Å². The van der Waals surface area contributed by atoms with Gasteiger partial charge in [0.25, 0.3) is 0 Å². The fourth-order valence-corrected chi connectivity index (χ4v) is 1.78. The summed E-state index contributed by atoms with van der Waals surface area (Å²) in [7, 11) is 0. The first kappa shape index (κ1) is 15.0. The molecular weight excluding hydrogens is 246 g/mol. The van der Waals surface area contributed by atoms with Crippen LogP contribution in [0, 0.1) is 0 Å². The van der Waals surface area contributed by atoms with Crippen LogP contribution in [0.4, 0.5) is 0 Å². The third-order valence-electron chi connectivity index (χ3n) is 2.55. The summed E-state index contributed by atoms with van der Waals surface area (Å²) in [6, 6.07) is 3.09. The molecule has 5 heteroatoms. The van der Waals surface area contributed by atoms with Gasteiger partial charge < -0.3 is 14.4 Å². The molecule has 1 rings (SSSR count). The molecule has 1 N–H and O–H groups in total. The van der Waals surface area contributed by atoms with Crippen molar-refractivity contribution in [2.45, 2.75) is 39.3 Å². The van der Waals surface area contributed by atoms with E-state index in [4.69, 9.17) is 9.84 Å². The van der Waals surface area contributed by atoms with E-state index in [0.29, 0.717) is 12.1 Å². The van der Waals surface area contributed by atoms with E-state index in [0.717, 1.165) is 6.08 Å². The molecule has 19 heavy (non-hydrogen) atoms. The number of hydrogen-bond donors (Lipinski definition) is 1. The summed E-state index contributed by atoms with van der Waals surface area (Å²) in [5.41, 5.74) is 0.662. The van der Waals surface area contributed by atoms with Crippen LogP contribution >= 0.6 is 0 Å². The molecule has 1 aromatic heterocycles. The van der Waals surface area contributed by atoms with Crippen molar-refractivity contribution in [3.05, 3.63) is 30.1 Å². The second-order valence-corrected chi connectivity index (χ2v) is 4.42. The number of ether oxygens (including phenoxy) is 1. The monoisotopic (exact) mass is 265 g/mol. The summed E-state index contributed by atoms with van der Waals surface area (Å²) in [4.78, 5) is 22.5. The highest BCUT2D eigenvalue weighted by atomic mass is 16.5. The molecule has 0 saturated heterocycles. The molecule has 0 radical (unpaired) electrons. The summed E-state index contributed by atoms with van der Waals surface area (Å²) >= 11 is 0. The van der Waals surface area contributed by atoms with E-state index in [1.807, 2.05) is 6.92 Å². The van der Waals surface area contributed by atoms with Gasteiger partial charge in [-0.25, -0.2) is 9.59 Å². The minimum Gasteiger partial charge on any atom is -0.478 e. The van der Waals surface area contributed by atoms with E-state index in [1.54, 1.807) is 36.7 Å². The molecule has 0 fully saturated rings. The molecule has 0 aliphatic rings. The number of carboxylic acids is 1. The van der Waals surface area contributed by atoms with Crippen molar-refractivity contribution >= 4 is 18.0 Å². The molecule has 0 saturated carbocycles. The average Bonchev–Trinajstić information content (AvgIpc) is 2.74. The number of esters is 1. The number of nitrogens with zero attached hydrogens (tertiary/aromatic N) is 1. The fourth-order valence-electron chi connectivity index (χ4n) is 1.78. The van der Waals surface area contributed by atoms with E-state index in [1.165, 1.54) is 6.08 Å². The van der Waals surface area contributed by atoms with Gasteiger partial charge in [0.1, 0.15) is 6.04 Å². The van der Waals surface area contributed by atoms with E-state index in [2.05, 4.69) is 0 Å². The lowest BCUT2D eigenvalue weighted by molar-refractivity contribution is -0.151. The summed E-state index contributed by atoms with van der Waals surface area (Å²) < 4.78 is 6.93. The van der Waals surface area contributed by atoms with Crippen molar-refractivity contribution in [3.8, 4) is 0 Å². The Hall–Kier alpha value is -2.04. The summed E-state index contributed by atoms with van der Waals surface area (Å²) in [6.07, 6.45) is 4.67. The average molecular weight is 265 g/mol. The van der Waals surface area contributed by atoms with E-state index < -0.39 is 12.0 Å². The zero-order valence-electron chi connectivity index (χ0n) is 11.4. The smallest absolute Gasteiger partial charge is 0.329 e. The van der Waals surface area contributed by atoms with Gasteiger partial charge in [-0.15, -0.1) is 0 Å². The SMILES string of the molecule is CCC(C(=O)OC(C)C)n1cccc1/C=C/C(=O)O. The zero-order valence-corrected chi connectivity index (χ0v) is 11.4. The molecule has 1 heterocycles. The standard InChI is InChI=1S/C14H19NO4/c1-4-12(14(18)19-10(2)3)15-9-5-6-11(15)7-8-13(16)17/h5-10,12H,4H2,1-3H3,(H,16,17)/b8-7+. The molecule has 1 aromatic rings. The highest BCUT2D eigenvalue weighted by molar-refractivity contribution is 5.85. The van der Waals surface area contributed by atoms with Gasteiger partial charge >= 0.3 is 11.9 Å². The highest BCUT2D eigenvalue weighted by Crippen LogP contribution is 2.19. The summed E-state index contributed by atoms with van der Waals surface area (Å²) in [6.45, 7) is 5.48. The lowest BCUT2D eigenvalue weighted by Gasteiger charge is -2.19. The number of carbonyl (C=O) groups is 2. The number of rotatable bonds is 6. The van der Waals surface area contributed by atoms with Crippen molar-refractivity contribution in [2.24, 2.45) is 0 Å². The first-order valence-corrected chi connectivity index (χ1v) is 6.24. The van der Waals surface area contributed by atoms with E-state index >= 15 is 0 Å². The van der Waals surface area contributed by atoms with Crippen molar-refractivity contribution < 1.29 is 19.4 Å². The largest absolute Gasteiger partial charge is 0.478 e. The molecule has 0 spiro atoms. The Kier molecular flexibility index (Phi) is 5.36. The molecule has 0 aliphatic heterocycles. The van der Waals surface area contributed by atoms with Gasteiger partial charge in [0, 0.05) is 18.0 Å². The number of aliphatic carboxylic acids is 1. The van der Waals surface area contributed by atoms with Crippen LogP contribution in [-0.4, -0.2) is 27.7 Å². The summed E-state index contributed by atoms with van der Waals surface area (Å²) in [5, 5.41) is 8.64. The lowest BCUT2D eigenvalue weighted by Crippen LogP contribution is -2.24. The molecule has 5 nitrogen and oxygen atoms in total. The Balaban J connectivity index is 2.96. The molecular formula is C14H19NO4. The minimum absolute atomic E-state index is 0.171. The fraction of sp³-hybridized carbons (Fsp3) is 0.429. The van der Waals surface area contributed by atoms with Gasteiger partial charge in [-0.05, 0) is 38.5 Å². The van der Waals surface area contributed by atoms with Gasteiger partial charge in [0.05, 0.1) is 6.10 Å². The van der Waals surface area contributed by atoms with Gasteiger partial charge in [0.2, 0.25) is 0 Å². The molecule has 1 atom stereocenters. The van der Waals surface area contributed by atoms with Crippen LogP contribution in [0.5, 0.6) is 0 Å². The number of carboxylic acid groups (broad SMARTS) is 1. The maximum absolute atomic E-state index is 12.0. The van der Waals surface area contributed by atoms with Crippen LogP contribution in [0.3, 0.4) is 0 Å². The van der Waals surface area contributed by atoms with Gasteiger partial charge in [-0.1, -0.05) is 6.92 Å². The molecule has 1 unspecified atom stereocenters. The predicted octanol–water partition coefficient (Wildman–Crippen LogP) is 2.49. The van der Waals surface area contributed by atoms with Gasteiger partial charge in [-0.2, -0.15) is 0 Å². The van der Waals surface area contributed by atoms with Gasteiger partial charge in [0.15, 0.2) is 0 Å². The minimum atomic E-state index is -1.02. The quantitative estimate of drug-likeness (QED) is 0.633. The Morgan fingerprint density at radius 2 is 2.16 bits per heavy atom. The first-order valence-electron chi connectivity index (χ1n) is 6.24. The Morgan fingerprint density at radius 1 is 1.47 bits per heavy atom. The molecule has 104 valence electrons. The summed E-state index contributed by atoms with van der Waals surface area (Å²) in [5.74, 6) is -1.33. The van der Waals surface area contributed by atoms with Crippen LogP contribution in [0.2, 0.25) is 0 Å². The Bertz CT molecular complexity index is 474. The predicted molar refractivity (Wildman–Crippen MR) is 71.7 cm³/mol. The van der Waals surface area contributed by atoms with Crippen molar-refractivity contribution in [3.63, 3.8) is 0 Å². The third-order valence-corrected chi connectivity index (χ3v) is 2.55. The number of aromatic nitrogens is 1. The van der Waals surface area contributed by atoms with E-state index in [9.17, 15) is 9.59 Å². The van der Waals surface area contributed by atoms with Crippen LogP contribution in [0.1, 0.15) is 38.9 Å². The Morgan fingerprint density at radius 3 is 2.68 bits per heavy atom. The van der Waals surface area contributed by atoms with Crippen LogP contribution < -0.4 is 0 Å². The Labute approximate surface area is 112 Å². The number of hydrogen-bond acceptors (Lipinski definition) is 3. The molecule has 0 bridgehead atoms.